The number of aromatic nitrogens is 1. The average molecular weight is 235 g/mol. The lowest BCUT2D eigenvalue weighted by Gasteiger charge is -2.35. The lowest BCUT2D eigenvalue weighted by molar-refractivity contribution is 0.166. The molecular formula is C13H21N3O. The maximum Gasteiger partial charge on any atom is 0.133 e. The van der Waals surface area contributed by atoms with E-state index in [2.05, 4.69) is 15.4 Å². The molecule has 2 unspecified atom stereocenters. The van der Waals surface area contributed by atoms with Crippen LogP contribution in [-0.2, 0) is 6.54 Å². The van der Waals surface area contributed by atoms with E-state index in [1.807, 2.05) is 13.0 Å². The first-order chi connectivity index (χ1) is 8.31. The van der Waals surface area contributed by atoms with Crippen molar-refractivity contribution in [3.8, 4) is 0 Å². The van der Waals surface area contributed by atoms with Crippen molar-refractivity contribution in [2.75, 3.05) is 13.1 Å². The molecule has 0 aromatic carbocycles. The molecule has 4 nitrogen and oxygen atoms in total. The fourth-order valence-corrected chi connectivity index (χ4v) is 3.16. The predicted octanol–water partition coefficient (Wildman–Crippen LogP) is 1.70. The third-order valence-corrected chi connectivity index (χ3v) is 4.07. The molecule has 2 fully saturated rings. The highest BCUT2D eigenvalue weighted by Crippen LogP contribution is 2.26. The van der Waals surface area contributed by atoms with Crippen molar-refractivity contribution in [3.63, 3.8) is 0 Å². The maximum absolute atomic E-state index is 5.08. The summed E-state index contributed by atoms with van der Waals surface area (Å²) in [4.78, 5) is 2.65. The smallest absolute Gasteiger partial charge is 0.133 e. The highest BCUT2D eigenvalue weighted by atomic mass is 16.5. The van der Waals surface area contributed by atoms with Crippen LogP contribution >= 0.6 is 0 Å². The number of rotatable bonds is 3. The molecular weight excluding hydrogens is 214 g/mol. The second-order valence-corrected chi connectivity index (χ2v) is 5.36. The first kappa shape index (κ1) is 11.2. The Balaban J connectivity index is 1.49. The third kappa shape index (κ3) is 2.53. The Morgan fingerprint density at radius 2 is 2.41 bits per heavy atom. The zero-order valence-electron chi connectivity index (χ0n) is 10.5. The number of nitrogens with zero attached hydrogens (tertiary/aromatic N) is 2. The molecule has 0 aliphatic carbocycles. The van der Waals surface area contributed by atoms with Gasteiger partial charge in [-0.05, 0) is 45.7 Å². The largest absolute Gasteiger partial charge is 0.361 e. The summed E-state index contributed by atoms with van der Waals surface area (Å²) in [5.74, 6) is 0.896. The van der Waals surface area contributed by atoms with Gasteiger partial charge < -0.3 is 14.7 Å². The quantitative estimate of drug-likeness (QED) is 0.866. The molecule has 2 atom stereocenters. The highest BCUT2D eigenvalue weighted by molar-refractivity contribution is 5.03. The Morgan fingerprint density at radius 3 is 3.24 bits per heavy atom. The summed E-state index contributed by atoms with van der Waals surface area (Å²) in [7, 11) is 0. The predicted molar refractivity (Wildman–Crippen MR) is 65.7 cm³/mol. The zero-order valence-corrected chi connectivity index (χ0v) is 10.5. The van der Waals surface area contributed by atoms with Crippen LogP contribution in [0.1, 0.15) is 37.1 Å². The van der Waals surface area contributed by atoms with E-state index in [0.717, 1.165) is 24.0 Å². The van der Waals surface area contributed by atoms with E-state index in [0.29, 0.717) is 6.04 Å². The van der Waals surface area contributed by atoms with Gasteiger partial charge in [-0.2, -0.15) is 0 Å². The van der Waals surface area contributed by atoms with Gasteiger partial charge in [-0.25, -0.2) is 0 Å². The molecule has 17 heavy (non-hydrogen) atoms. The third-order valence-electron chi connectivity index (χ3n) is 4.07. The number of hydrogen-bond donors (Lipinski definition) is 1. The molecule has 2 aliphatic heterocycles. The summed E-state index contributed by atoms with van der Waals surface area (Å²) >= 11 is 0. The minimum atomic E-state index is 0.659. The van der Waals surface area contributed by atoms with Crippen LogP contribution in [0.15, 0.2) is 10.6 Å². The fraction of sp³-hybridized carbons (Fsp3) is 0.769. The van der Waals surface area contributed by atoms with Gasteiger partial charge in [0.15, 0.2) is 0 Å². The van der Waals surface area contributed by atoms with Crippen LogP contribution in [0.4, 0.5) is 0 Å². The van der Waals surface area contributed by atoms with Gasteiger partial charge in [0.25, 0.3) is 0 Å². The highest BCUT2D eigenvalue weighted by Gasteiger charge is 2.31. The number of nitrogens with one attached hydrogen (secondary N) is 1. The van der Waals surface area contributed by atoms with Crippen molar-refractivity contribution in [2.24, 2.45) is 0 Å². The minimum absolute atomic E-state index is 0.659. The Morgan fingerprint density at radius 1 is 1.47 bits per heavy atom. The van der Waals surface area contributed by atoms with E-state index < -0.39 is 0 Å². The Bertz CT molecular complexity index is 376. The monoisotopic (exact) mass is 235 g/mol. The van der Waals surface area contributed by atoms with Crippen molar-refractivity contribution in [1.29, 1.82) is 0 Å². The van der Waals surface area contributed by atoms with Gasteiger partial charge in [-0.3, -0.25) is 0 Å². The molecule has 94 valence electrons. The first-order valence-corrected chi connectivity index (χ1v) is 6.71. The fourth-order valence-electron chi connectivity index (χ4n) is 3.16. The number of hydrogen-bond acceptors (Lipinski definition) is 4. The molecule has 3 heterocycles. The van der Waals surface area contributed by atoms with Gasteiger partial charge >= 0.3 is 0 Å². The summed E-state index contributed by atoms with van der Waals surface area (Å²) in [6, 6.07) is 3.50. The van der Waals surface area contributed by atoms with E-state index in [1.165, 1.54) is 38.8 Å². The van der Waals surface area contributed by atoms with Gasteiger partial charge in [0.1, 0.15) is 5.76 Å². The molecule has 1 N–H and O–H groups in total. The summed E-state index contributed by atoms with van der Waals surface area (Å²) < 4.78 is 5.08. The molecule has 2 saturated heterocycles. The zero-order chi connectivity index (χ0) is 11.7. The van der Waals surface area contributed by atoms with Crippen LogP contribution in [0.2, 0.25) is 0 Å². The van der Waals surface area contributed by atoms with Crippen molar-refractivity contribution in [2.45, 2.75) is 51.2 Å². The molecule has 3 rings (SSSR count). The standard InChI is InChI=1S/C13H21N3O/c1-10-7-12(15-17-10)9-14-11-4-6-16-5-2-3-13(16)8-11/h7,11,13-14H,2-6,8-9H2,1H3. The van der Waals surface area contributed by atoms with Crippen LogP contribution < -0.4 is 5.32 Å². The molecule has 0 radical (unpaired) electrons. The summed E-state index contributed by atoms with van der Waals surface area (Å²) in [6.45, 7) is 5.36. The summed E-state index contributed by atoms with van der Waals surface area (Å²) in [6.07, 6.45) is 5.35. The van der Waals surface area contributed by atoms with Gasteiger partial charge in [0, 0.05) is 24.7 Å². The minimum Gasteiger partial charge on any atom is -0.361 e. The van der Waals surface area contributed by atoms with Crippen LogP contribution in [0.3, 0.4) is 0 Å². The van der Waals surface area contributed by atoms with Gasteiger partial charge in [-0.1, -0.05) is 5.16 Å². The van der Waals surface area contributed by atoms with E-state index in [4.69, 9.17) is 4.52 Å². The second kappa shape index (κ2) is 4.78. The van der Waals surface area contributed by atoms with Gasteiger partial charge in [-0.15, -0.1) is 0 Å². The first-order valence-electron chi connectivity index (χ1n) is 6.71. The topological polar surface area (TPSA) is 41.3 Å². The van der Waals surface area contributed by atoms with Crippen LogP contribution in [0.25, 0.3) is 0 Å². The second-order valence-electron chi connectivity index (χ2n) is 5.36. The lowest BCUT2D eigenvalue weighted by Crippen LogP contribution is -2.45. The Labute approximate surface area is 102 Å². The maximum atomic E-state index is 5.08. The molecule has 0 saturated carbocycles. The van der Waals surface area contributed by atoms with Gasteiger partial charge in [0.05, 0.1) is 5.69 Å². The van der Waals surface area contributed by atoms with E-state index in [1.54, 1.807) is 0 Å². The van der Waals surface area contributed by atoms with Crippen LogP contribution in [0, 0.1) is 6.92 Å². The molecule has 0 bridgehead atoms. The SMILES string of the molecule is Cc1cc(CNC2CCN3CCCC3C2)no1. The molecule has 1 aromatic rings. The van der Waals surface area contributed by atoms with Gasteiger partial charge in [0.2, 0.25) is 0 Å². The van der Waals surface area contributed by atoms with E-state index in [9.17, 15) is 0 Å². The van der Waals surface area contributed by atoms with Crippen molar-refractivity contribution in [3.05, 3.63) is 17.5 Å². The van der Waals surface area contributed by atoms with Crippen LogP contribution in [-0.4, -0.2) is 35.2 Å². The normalized spacial score (nSPS) is 29.5. The Kier molecular flexibility index (Phi) is 3.16. The lowest BCUT2D eigenvalue weighted by atomic mass is 9.97. The van der Waals surface area contributed by atoms with Crippen LogP contribution in [0.5, 0.6) is 0 Å². The molecule has 0 spiro atoms. The number of fused-ring (bicyclic) bond motifs is 1. The summed E-state index contributed by atoms with van der Waals surface area (Å²) in [5, 5.41) is 7.63. The summed E-state index contributed by atoms with van der Waals surface area (Å²) in [5.41, 5.74) is 1.02. The molecule has 1 aromatic heterocycles. The van der Waals surface area contributed by atoms with E-state index in [-0.39, 0.29) is 0 Å². The number of aryl methyl sites for hydroxylation is 1. The molecule has 2 aliphatic rings. The molecule has 0 amide bonds. The Hall–Kier alpha value is -0.870. The van der Waals surface area contributed by atoms with E-state index >= 15 is 0 Å². The van der Waals surface area contributed by atoms with Crippen molar-refractivity contribution < 1.29 is 4.52 Å². The number of piperidine rings is 1. The average Bonchev–Trinajstić information content (AvgIpc) is 2.94. The van der Waals surface area contributed by atoms with Crippen molar-refractivity contribution >= 4 is 0 Å². The molecule has 4 heteroatoms. The van der Waals surface area contributed by atoms with Crippen molar-refractivity contribution in [1.82, 2.24) is 15.4 Å².